The van der Waals surface area contributed by atoms with Crippen LogP contribution in [0.5, 0.6) is 5.75 Å². The maximum absolute atomic E-state index is 9.79. The number of phenolic OH excluding ortho intramolecular Hbond substituents is 1. The quantitative estimate of drug-likeness (QED) is 0.846. The van der Waals surface area contributed by atoms with Gasteiger partial charge in [-0.3, -0.25) is 0 Å². The third-order valence-electron chi connectivity index (χ3n) is 2.34. The van der Waals surface area contributed by atoms with Crippen LogP contribution in [0.1, 0.15) is 11.1 Å². The summed E-state index contributed by atoms with van der Waals surface area (Å²) in [6, 6.07) is 13.1. The molecule has 0 spiro atoms. The van der Waals surface area contributed by atoms with Gasteiger partial charge in [0.1, 0.15) is 5.75 Å². The summed E-state index contributed by atoms with van der Waals surface area (Å²) < 4.78 is 0. The van der Waals surface area contributed by atoms with E-state index in [4.69, 9.17) is 23.2 Å². The minimum atomic E-state index is 0.106. The van der Waals surface area contributed by atoms with Gasteiger partial charge in [0.15, 0.2) is 0 Å². The van der Waals surface area contributed by atoms with E-state index in [2.05, 4.69) is 0 Å². The predicted octanol–water partition coefficient (Wildman–Crippen LogP) is 4.29. The van der Waals surface area contributed by atoms with Crippen molar-refractivity contribution in [2.24, 2.45) is 0 Å². The number of hydrogen-bond acceptors (Lipinski definition) is 1. The van der Waals surface area contributed by atoms with E-state index in [9.17, 15) is 5.11 Å². The summed E-state index contributed by atoms with van der Waals surface area (Å²) in [6.45, 7) is 0. The molecule has 0 saturated carbocycles. The van der Waals surface area contributed by atoms with Crippen LogP contribution < -0.4 is 0 Å². The number of phenols is 1. The summed E-state index contributed by atoms with van der Waals surface area (Å²) in [4.78, 5) is 0. The minimum absolute atomic E-state index is 0.106. The van der Waals surface area contributed by atoms with Crippen molar-refractivity contribution < 1.29 is 5.11 Å². The molecular formula is C13H10Cl2O. The fourth-order valence-electron chi connectivity index (χ4n) is 1.57. The largest absolute Gasteiger partial charge is 0.506 e. The average Bonchev–Trinajstić information content (AvgIpc) is 2.27. The molecule has 0 bridgehead atoms. The zero-order valence-corrected chi connectivity index (χ0v) is 9.96. The molecule has 0 fully saturated rings. The standard InChI is InChI=1S/C13H10Cl2O/c14-11-7-10(13(16)12(15)8-11)6-9-4-2-1-3-5-9/h1-5,7-8,16H,6H2. The van der Waals surface area contributed by atoms with Gasteiger partial charge in [0.25, 0.3) is 0 Å². The van der Waals surface area contributed by atoms with Crippen molar-refractivity contribution in [2.75, 3.05) is 0 Å². The topological polar surface area (TPSA) is 20.2 Å². The van der Waals surface area contributed by atoms with E-state index in [0.717, 1.165) is 11.1 Å². The van der Waals surface area contributed by atoms with Crippen molar-refractivity contribution in [3.63, 3.8) is 0 Å². The fraction of sp³-hybridized carbons (Fsp3) is 0.0769. The van der Waals surface area contributed by atoms with Crippen LogP contribution in [0.15, 0.2) is 42.5 Å². The number of halogens is 2. The van der Waals surface area contributed by atoms with E-state index in [0.29, 0.717) is 16.5 Å². The molecule has 1 nitrogen and oxygen atoms in total. The highest BCUT2D eigenvalue weighted by Crippen LogP contribution is 2.32. The maximum atomic E-state index is 9.79. The molecule has 2 aromatic carbocycles. The second-order valence-electron chi connectivity index (χ2n) is 3.56. The third-order valence-corrected chi connectivity index (χ3v) is 2.85. The summed E-state index contributed by atoms with van der Waals surface area (Å²) in [5, 5.41) is 10.6. The van der Waals surface area contributed by atoms with Crippen LogP contribution >= 0.6 is 23.2 Å². The van der Waals surface area contributed by atoms with Crippen LogP contribution in [0, 0.1) is 0 Å². The Morgan fingerprint density at radius 2 is 1.69 bits per heavy atom. The molecule has 0 amide bonds. The van der Waals surface area contributed by atoms with Crippen molar-refractivity contribution in [3.8, 4) is 5.75 Å². The number of rotatable bonds is 2. The summed E-state index contributed by atoms with van der Waals surface area (Å²) in [7, 11) is 0. The van der Waals surface area contributed by atoms with Gasteiger partial charge in [0, 0.05) is 17.0 Å². The Balaban J connectivity index is 2.35. The molecule has 0 radical (unpaired) electrons. The summed E-state index contributed by atoms with van der Waals surface area (Å²) in [5.41, 5.74) is 1.85. The molecule has 0 aliphatic rings. The monoisotopic (exact) mass is 252 g/mol. The zero-order chi connectivity index (χ0) is 11.5. The Bertz CT molecular complexity index is 495. The van der Waals surface area contributed by atoms with Crippen molar-refractivity contribution in [3.05, 3.63) is 63.6 Å². The highest BCUT2D eigenvalue weighted by atomic mass is 35.5. The minimum Gasteiger partial charge on any atom is -0.506 e. The lowest BCUT2D eigenvalue weighted by Gasteiger charge is -2.07. The molecule has 0 unspecified atom stereocenters. The van der Waals surface area contributed by atoms with Crippen molar-refractivity contribution in [2.45, 2.75) is 6.42 Å². The SMILES string of the molecule is Oc1c(Cl)cc(Cl)cc1Cc1ccccc1. The Hall–Kier alpha value is -1.18. The van der Waals surface area contributed by atoms with E-state index in [-0.39, 0.29) is 5.75 Å². The van der Waals surface area contributed by atoms with Crippen molar-refractivity contribution in [1.29, 1.82) is 0 Å². The molecule has 0 heterocycles. The molecule has 0 aromatic heterocycles. The van der Waals surface area contributed by atoms with Gasteiger partial charge in [-0.15, -0.1) is 0 Å². The van der Waals surface area contributed by atoms with Crippen LogP contribution in [0.25, 0.3) is 0 Å². The molecule has 0 saturated heterocycles. The molecule has 0 aliphatic carbocycles. The first-order chi connectivity index (χ1) is 7.66. The fourth-order valence-corrected chi connectivity index (χ4v) is 2.11. The first-order valence-corrected chi connectivity index (χ1v) is 5.63. The van der Waals surface area contributed by atoms with E-state index >= 15 is 0 Å². The Kier molecular flexibility index (Phi) is 3.37. The molecule has 2 aromatic rings. The zero-order valence-electron chi connectivity index (χ0n) is 8.45. The van der Waals surface area contributed by atoms with E-state index in [1.807, 2.05) is 30.3 Å². The van der Waals surface area contributed by atoms with E-state index in [1.54, 1.807) is 6.07 Å². The normalized spacial score (nSPS) is 10.4. The van der Waals surface area contributed by atoms with Crippen LogP contribution in [-0.4, -0.2) is 5.11 Å². The highest BCUT2D eigenvalue weighted by molar-refractivity contribution is 6.35. The summed E-state index contributed by atoms with van der Waals surface area (Å²) in [6.07, 6.45) is 0.618. The molecule has 16 heavy (non-hydrogen) atoms. The highest BCUT2D eigenvalue weighted by Gasteiger charge is 2.08. The molecular weight excluding hydrogens is 243 g/mol. The first kappa shape index (κ1) is 11.3. The first-order valence-electron chi connectivity index (χ1n) is 4.87. The molecule has 3 heteroatoms. The molecule has 0 atom stereocenters. The Labute approximate surface area is 104 Å². The molecule has 82 valence electrons. The summed E-state index contributed by atoms with van der Waals surface area (Å²) in [5.74, 6) is 0.106. The number of benzene rings is 2. The Morgan fingerprint density at radius 3 is 2.38 bits per heavy atom. The van der Waals surface area contributed by atoms with Crippen LogP contribution in [0.2, 0.25) is 10.0 Å². The average molecular weight is 253 g/mol. The number of aromatic hydroxyl groups is 1. The lowest BCUT2D eigenvalue weighted by molar-refractivity contribution is 0.470. The van der Waals surface area contributed by atoms with Gasteiger partial charge in [-0.1, -0.05) is 53.5 Å². The van der Waals surface area contributed by atoms with Gasteiger partial charge < -0.3 is 5.11 Å². The van der Waals surface area contributed by atoms with E-state index < -0.39 is 0 Å². The molecule has 0 aliphatic heterocycles. The lowest BCUT2D eigenvalue weighted by atomic mass is 10.0. The van der Waals surface area contributed by atoms with Crippen LogP contribution in [-0.2, 0) is 6.42 Å². The van der Waals surface area contributed by atoms with E-state index in [1.165, 1.54) is 6.07 Å². The molecule has 2 rings (SSSR count). The predicted molar refractivity (Wildman–Crippen MR) is 67.4 cm³/mol. The van der Waals surface area contributed by atoms with Crippen LogP contribution in [0.4, 0.5) is 0 Å². The van der Waals surface area contributed by atoms with Gasteiger partial charge in [-0.25, -0.2) is 0 Å². The van der Waals surface area contributed by atoms with Gasteiger partial charge in [0.05, 0.1) is 5.02 Å². The second kappa shape index (κ2) is 4.77. The van der Waals surface area contributed by atoms with Gasteiger partial charge >= 0.3 is 0 Å². The second-order valence-corrected chi connectivity index (χ2v) is 4.40. The maximum Gasteiger partial charge on any atom is 0.137 e. The summed E-state index contributed by atoms with van der Waals surface area (Å²) >= 11 is 11.7. The smallest absolute Gasteiger partial charge is 0.137 e. The van der Waals surface area contributed by atoms with Gasteiger partial charge in [-0.2, -0.15) is 0 Å². The number of hydrogen-bond donors (Lipinski definition) is 1. The van der Waals surface area contributed by atoms with Crippen LogP contribution in [0.3, 0.4) is 0 Å². The Morgan fingerprint density at radius 1 is 1.00 bits per heavy atom. The van der Waals surface area contributed by atoms with Crippen molar-refractivity contribution in [1.82, 2.24) is 0 Å². The van der Waals surface area contributed by atoms with Gasteiger partial charge in [-0.05, 0) is 17.7 Å². The third kappa shape index (κ3) is 2.49. The lowest BCUT2D eigenvalue weighted by Crippen LogP contribution is -1.89. The van der Waals surface area contributed by atoms with Crippen molar-refractivity contribution >= 4 is 23.2 Å². The van der Waals surface area contributed by atoms with Gasteiger partial charge in [0.2, 0.25) is 0 Å². The molecule has 1 N–H and O–H groups in total.